The third-order valence-corrected chi connectivity index (χ3v) is 6.40. The Bertz CT molecular complexity index is 523. The van der Waals surface area contributed by atoms with Gasteiger partial charge in [-0.3, -0.25) is 0 Å². The molecule has 1 aromatic rings. The maximum absolute atomic E-state index is 9.38. The molecule has 0 bridgehead atoms. The first-order chi connectivity index (χ1) is 10.8. The molecule has 0 amide bonds. The van der Waals surface area contributed by atoms with Gasteiger partial charge in [0.2, 0.25) is 0 Å². The van der Waals surface area contributed by atoms with Crippen molar-refractivity contribution in [2.24, 2.45) is 11.8 Å². The highest BCUT2D eigenvalue weighted by Gasteiger charge is 2.68. The second-order valence-electron chi connectivity index (χ2n) is 7.33. The number of likely N-dealkylation sites (tertiary alicyclic amines) is 1. The third-order valence-electron chi connectivity index (χ3n) is 6.40. The van der Waals surface area contributed by atoms with Gasteiger partial charge in [0, 0.05) is 43.9 Å². The Morgan fingerprint density at radius 1 is 1.17 bits per heavy atom. The van der Waals surface area contributed by atoms with Gasteiger partial charge in [-0.2, -0.15) is 0 Å². The average Bonchev–Trinajstić information content (AvgIpc) is 3.01. The minimum absolute atomic E-state index is 0. The molecule has 3 aliphatic rings. The standard InChI is InChI=1S/C19H28N2O.CH4/c1-2-20-13-18-17(9-12-22)19(18,14-20)15-5-7-16(8-6-15)21-10-3-4-11-21;/h5-8,17-18,22H,2-4,9-14H2,1H3;1H4. The number of benzene rings is 1. The summed E-state index contributed by atoms with van der Waals surface area (Å²) in [5, 5.41) is 9.38. The predicted molar refractivity (Wildman–Crippen MR) is 97.1 cm³/mol. The zero-order valence-electron chi connectivity index (χ0n) is 13.7. The summed E-state index contributed by atoms with van der Waals surface area (Å²) in [6, 6.07) is 9.40. The molecule has 4 rings (SSSR count). The molecule has 2 heterocycles. The van der Waals surface area contributed by atoms with Crippen molar-refractivity contribution in [3.8, 4) is 0 Å². The van der Waals surface area contributed by atoms with Gasteiger partial charge in [0.25, 0.3) is 0 Å². The minimum atomic E-state index is 0. The molecule has 128 valence electrons. The molecule has 23 heavy (non-hydrogen) atoms. The van der Waals surface area contributed by atoms with Crippen molar-refractivity contribution in [3.05, 3.63) is 29.8 Å². The van der Waals surface area contributed by atoms with E-state index in [1.807, 2.05) is 0 Å². The number of anilines is 1. The highest BCUT2D eigenvalue weighted by atomic mass is 16.3. The normalized spacial score (nSPS) is 32.7. The summed E-state index contributed by atoms with van der Waals surface area (Å²) >= 11 is 0. The molecule has 2 saturated heterocycles. The van der Waals surface area contributed by atoms with Crippen LogP contribution in [0.5, 0.6) is 0 Å². The van der Waals surface area contributed by atoms with Gasteiger partial charge in [-0.1, -0.05) is 26.5 Å². The fourth-order valence-electron chi connectivity index (χ4n) is 5.16. The van der Waals surface area contributed by atoms with Gasteiger partial charge in [-0.05, 0) is 55.3 Å². The third kappa shape index (κ3) is 2.58. The van der Waals surface area contributed by atoms with Gasteiger partial charge in [0.15, 0.2) is 0 Å². The lowest BCUT2D eigenvalue weighted by Crippen LogP contribution is -2.29. The summed E-state index contributed by atoms with van der Waals surface area (Å²) in [6.07, 6.45) is 3.63. The van der Waals surface area contributed by atoms with Gasteiger partial charge >= 0.3 is 0 Å². The van der Waals surface area contributed by atoms with Crippen molar-refractivity contribution >= 4 is 5.69 Å². The van der Waals surface area contributed by atoms with Gasteiger partial charge in [0.1, 0.15) is 0 Å². The zero-order chi connectivity index (χ0) is 15.2. The smallest absolute Gasteiger partial charge is 0.0434 e. The molecule has 1 saturated carbocycles. The van der Waals surface area contributed by atoms with Crippen LogP contribution in [0.1, 0.15) is 39.2 Å². The molecule has 1 aromatic carbocycles. The van der Waals surface area contributed by atoms with Crippen LogP contribution in [-0.4, -0.2) is 49.3 Å². The summed E-state index contributed by atoms with van der Waals surface area (Å²) in [6.45, 7) is 8.57. The second-order valence-corrected chi connectivity index (χ2v) is 7.33. The lowest BCUT2D eigenvalue weighted by molar-refractivity contribution is 0.242. The fourth-order valence-corrected chi connectivity index (χ4v) is 5.16. The Kier molecular flexibility index (Phi) is 4.70. The van der Waals surface area contributed by atoms with Crippen molar-refractivity contribution in [2.45, 2.75) is 39.0 Å². The number of likely N-dealkylation sites (N-methyl/N-ethyl adjacent to an activating group) is 1. The van der Waals surface area contributed by atoms with Crippen molar-refractivity contribution in [1.29, 1.82) is 0 Å². The largest absolute Gasteiger partial charge is 0.396 e. The zero-order valence-corrected chi connectivity index (χ0v) is 13.7. The Hall–Kier alpha value is -1.06. The molecule has 2 aliphatic heterocycles. The molecule has 3 fully saturated rings. The Labute approximate surface area is 141 Å². The predicted octanol–water partition coefficient (Wildman–Crippen LogP) is 3.12. The number of hydrogen-bond donors (Lipinski definition) is 1. The first-order valence-electron chi connectivity index (χ1n) is 8.98. The van der Waals surface area contributed by atoms with Crippen LogP contribution in [0.3, 0.4) is 0 Å². The molecule has 0 radical (unpaired) electrons. The number of rotatable bonds is 5. The van der Waals surface area contributed by atoms with Gasteiger partial charge in [-0.15, -0.1) is 0 Å². The number of nitrogens with zero attached hydrogens (tertiary/aromatic N) is 2. The van der Waals surface area contributed by atoms with Crippen LogP contribution < -0.4 is 4.90 Å². The van der Waals surface area contributed by atoms with Crippen LogP contribution >= 0.6 is 0 Å². The van der Waals surface area contributed by atoms with Crippen molar-refractivity contribution in [3.63, 3.8) is 0 Å². The second kappa shape index (κ2) is 6.45. The summed E-state index contributed by atoms with van der Waals surface area (Å²) in [7, 11) is 0. The maximum atomic E-state index is 9.38. The highest BCUT2D eigenvalue weighted by molar-refractivity contribution is 5.51. The van der Waals surface area contributed by atoms with E-state index in [0.717, 1.165) is 18.9 Å². The Morgan fingerprint density at radius 2 is 1.87 bits per heavy atom. The van der Waals surface area contributed by atoms with Crippen LogP contribution in [0.2, 0.25) is 0 Å². The fraction of sp³-hybridized carbons (Fsp3) is 0.700. The first kappa shape index (κ1) is 16.8. The quantitative estimate of drug-likeness (QED) is 0.904. The topological polar surface area (TPSA) is 26.7 Å². The Balaban J connectivity index is 0.00000156. The van der Waals surface area contributed by atoms with Crippen molar-refractivity contribution in [1.82, 2.24) is 4.90 Å². The van der Waals surface area contributed by atoms with E-state index in [1.54, 1.807) is 0 Å². The van der Waals surface area contributed by atoms with Gasteiger partial charge < -0.3 is 14.9 Å². The molecule has 0 aromatic heterocycles. The SMILES string of the molecule is C.CCN1CC2C(CCO)C2(c2ccc(N3CCCC3)cc2)C1. The van der Waals surface area contributed by atoms with E-state index < -0.39 is 0 Å². The molecule has 1 N–H and O–H groups in total. The van der Waals surface area contributed by atoms with E-state index >= 15 is 0 Å². The van der Waals surface area contributed by atoms with Crippen molar-refractivity contribution in [2.75, 3.05) is 44.2 Å². The average molecular weight is 316 g/mol. The molecule has 3 nitrogen and oxygen atoms in total. The molecule has 3 heteroatoms. The first-order valence-corrected chi connectivity index (χ1v) is 8.98. The van der Waals surface area contributed by atoms with E-state index in [2.05, 4.69) is 41.0 Å². The summed E-state index contributed by atoms with van der Waals surface area (Å²) < 4.78 is 0. The maximum Gasteiger partial charge on any atom is 0.0434 e. The number of aliphatic hydroxyl groups is 1. The monoisotopic (exact) mass is 316 g/mol. The summed E-state index contributed by atoms with van der Waals surface area (Å²) in [4.78, 5) is 5.08. The number of fused-ring (bicyclic) bond motifs is 1. The molecule has 1 aliphatic carbocycles. The van der Waals surface area contributed by atoms with Crippen LogP contribution in [0.15, 0.2) is 24.3 Å². The van der Waals surface area contributed by atoms with Crippen LogP contribution in [0.4, 0.5) is 5.69 Å². The lowest BCUT2D eigenvalue weighted by Gasteiger charge is -2.24. The molecule has 3 unspecified atom stereocenters. The highest BCUT2D eigenvalue weighted by Crippen LogP contribution is 2.65. The van der Waals surface area contributed by atoms with E-state index in [-0.39, 0.29) is 7.43 Å². The molecule has 0 spiro atoms. The van der Waals surface area contributed by atoms with E-state index in [0.29, 0.717) is 17.9 Å². The summed E-state index contributed by atoms with van der Waals surface area (Å²) in [5.41, 5.74) is 3.23. The molecule has 3 atom stereocenters. The van der Waals surface area contributed by atoms with Gasteiger partial charge in [0.05, 0.1) is 0 Å². The molecular formula is C20H32N2O. The van der Waals surface area contributed by atoms with E-state index in [1.165, 1.54) is 50.3 Å². The van der Waals surface area contributed by atoms with E-state index in [4.69, 9.17) is 0 Å². The number of aliphatic hydroxyl groups excluding tert-OH is 1. The lowest BCUT2D eigenvalue weighted by atomic mass is 9.91. The Morgan fingerprint density at radius 3 is 2.48 bits per heavy atom. The summed E-state index contributed by atoms with van der Waals surface area (Å²) in [5.74, 6) is 1.45. The molecular weight excluding hydrogens is 284 g/mol. The van der Waals surface area contributed by atoms with Crippen molar-refractivity contribution < 1.29 is 5.11 Å². The van der Waals surface area contributed by atoms with Crippen LogP contribution in [0.25, 0.3) is 0 Å². The minimum Gasteiger partial charge on any atom is -0.396 e. The number of piperidine rings is 1. The van der Waals surface area contributed by atoms with Crippen LogP contribution in [0, 0.1) is 11.8 Å². The van der Waals surface area contributed by atoms with Crippen LogP contribution in [-0.2, 0) is 5.41 Å². The van der Waals surface area contributed by atoms with Gasteiger partial charge in [-0.25, -0.2) is 0 Å². The number of hydrogen-bond acceptors (Lipinski definition) is 3. The van der Waals surface area contributed by atoms with E-state index in [9.17, 15) is 5.11 Å².